The van der Waals surface area contributed by atoms with Crippen LogP contribution in [0.3, 0.4) is 0 Å². The van der Waals surface area contributed by atoms with Gasteiger partial charge in [-0.1, -0.05) is 40.0 Å². The summed E-state index contributed by atoms with van der Waals surface area (Å²) >= 11 is 0. The summed E-state index contributed by atoms with van der Waals surface area (Å²) in [5.41, 5.74) is 6.17. The molecule has 2 N–H and O–H groups in total. The second kappa shape index (κ2) is 4.99. The summed E-state index contributed by atoms with van der Waals surface area (Å²) < 4.78 is 0. The first-order chi connectivity index (χ1) is 6.24. The normalized spacial score (nSPS) is 40.6. The Morgan fingerprint density at radius 3 is 2.00 bits per heavy atom. The fourth-order valence-electron chi connectivity index (χ4n) is 3.25. The molecule has 78 valence electrons. The average Bonchev–Trinajstić information content (AvgIpc) is 2.17. The Hall–Kier alpha value is -0.0400. The average molecular weight is 183 g/mol. The van der Waals surface area contributed by atoms with Crippen LogP contribution in [0.2, 0.25) is 0 Å². The highest BCUT2D eigenvalue weighted by molar-refractivity contribution is 4.87. The molecule has 0 aromatic heterocycles. The van der Waals surface area contributed by atoms with Crippen LogP contribution >= 0.6 is 0 Å². The SMILES string of the molecule is CCC1CCC(N)C(CC)C1CC. The first-order valence-corrected chi connectivity index (χ1v) is 6.00. The molecule has 0 spiro atoms. The molecule has 1 aliphatic carbocycles. The van der Waals surface area contributed by atoms with E-state index in [2.05, 4.69) is 20.8 Å². The largest absolute Gasteiger partial charge is 0.327 e. The van der Waals surface area contributed by atoms with Crippen LogP contribution in [-0.4, -0.2) is 6.04 Å². The van der Waals surface area contributed by atoms with E-state index in [4.69, 9.17) is 5.73 Å². The zero-order chi connectivity index (χ0) is 9.84. The smallest absolute Gasteiger partial charge is 0.00699 e. The molecular formula is C12H25N. The van der Waals surface area contributed by atoms with Gasteiger partial charge in [0.2, 0.25) is 0 Å². The molecule has 1 fully saturated rings. The Morgan fingerprint density at radius 1 is 0.923 bits per heavy atom. The fourth-order valence-corrected chi connectivity index (χ4v) is 3.25. The molecule has 1 aliphatic rings. The molecule has 1 saturated carbocycles. The minimum absolute atomic E-state index is 0.484. The van der Waals surface area contributed by atoms with Crippen molar-refractivity contribution >= 4 is 0 Å². The lowest BCUT2D eigenvalue weighted by molar-refractivity contribution is 0.117. The highest BCUT2D eigenvalue weighted by Crippen LogP contribution is 2.39. The lowest BCUT2D eigenvalue weighted by Gasteiger charge is -2.41. The molecule has 0 radical (unpaired) electrons. The third-order valence-corrected chi connectivity index (χ3v) is 4.04. The Bertz CT molecular complexity index is 144. The highest BCUT2D eigenvalue weighted by atomic mass is 14.7. The van der Waals surface area contributed by atoms with Crippen LogP contribution in [0.15, 0.2) is 0 Å². The lowest BCUT2D eigenvalue weighted by atomic mass is 9.67. The van der Waals surface area contributed by atoms with Crippen molar-refractivity contribution in [3.8, 4) is 0 Å². The molecule has 0 saturated heterocycles. The van der Waals surface area contributed by atoms with Crippen molar-refractivity contribution in [2.45, 2.75) is 58.9 Å². The van der Waals surface area contributed by atoms with Gasteiger partial charge < -0.3 is 5.73 Å². The maximum atomic E-state index is 6.17. The lowest BCUT2D eigenvalue weighted by Crippen LogP contribution is -2.42. The van der Waals surface area contributed by atoms with Gasteiger partial charge in [-0.2, -0.15) is 0 Å². The molecule has 1 heteroatoms. The second-order valence-electron chi connectivity index (χ2n) is 4.55. The van der Waals surface area contributed by atoms with E-state index in [1.165, 1.54) is 32.1 Å². The third-order valence-electron chi connectivity index (χ3n) is 4.04. The van der Waals surface area contributed by atoms with E-state index in [0.717, 1.165) is 17.8 Å². The van der Waals surface area contributed by atoms with Gasteiger partial charge in [0.25, 0.3) is 0 Å². The van der Waals surface area contributed by atoms with Crippen LogP contribution in [-0.2, 0) is 0 Å². The number of nitrogens with two attached hydrogens (primary N) is 1. The zero-order valence-electron chi connectivity index (χ0n) is 9.42. The Kier molecular flexibility index (Phi) is 4.24. The van der Waals surface area contributed by atoms with Crippen LogP contribution in [0.25, 0.3) is 0 Å². The monoisotopic (exact) mass is 183 g/mol. The zero-order valence-corrected chi connectivity index (χ0v) is 9.42. The first-order valence-electron chi connectivity index (χ1n) is 6.00. The van der Waals surface area contributed by atoms with Gasteiger partial charge in [0.05, 0.1) is 0 Å². The van der Waals surface area contributed by atoms with Crippen molar-refractivity contribution in [3.05, 3.63) is 0 Å². The van der Waals surface area contributed by atoms with Gasteiger partial charge in [0.15, 0.2) is 0 Å². The van der Waals surface area contributed by atoms with E-state index < -0.39 is 0 Å². The van der Waals surface area contributed by atoms with Crippen molar-refractivity contribution in [1.82, 2.24) is 0 Å². The van der Waals surface area contributed by atoms with Gasteiger partial charge in [-0.3, -0.25) is 0 Å². The topological polar surface area (TPSA) is 26.0 Å². The number of hydrogen-bond acceptors (Lipinski definition) is 1. The molecule has 1 nitrogen and oxygen atoms in total. The second-order valence-corrected chi connectivity index (χ2v) is 4.55. The van der Waals surface area contributed by atoms with Gasteiger partial charge in [-0.25, -0.2) is 0 Å². The van der Waals surface area contributed by atoms with Gasteiger partial charge >= 0.3 is 0 Å². The molecular weight excluding hydrogens is 158 g/mol. The van der Waals surface area contributed by atoms with E-state index in [1.807, 2.05) is 0 Å². The van der Waals surface area contributed by atoms with Gasteiger partial charge in [0, 0.05) is 6.04 Å². The predicted octanol–water partition coefficient (Wildman–Crippen LogP) is 3.19. The van der Waals surface area contributed by atoms with Crippen molar-refractivity contribution in [2.75, 3.05) is 0 Å². The Labute approximate surface area is 83.1 Å². The minimum Gasteiger partial charge on any atom is -0.327 e. The van der Waals surface area contributed by atoms with Crippen molar-refractivity contribution in [1.29, 1.82) is 0 Å². The molecule has 0 aromatic carbocycles. The molecule has 13 heavy (non-hydrogen) atoms. The van der Waals surface area contributed by atoms with E-state index in [-0.39, 0.29) is 0 Å². The Morgan fingerprint density at radius 2 is 1.54 bits per heavy atom. The van der Waals surface area contributed by atoms with Gasteiger partial charge in [-0.05, 0) is 30.6 Å². The van der Waals surface area contributed by atoms with Crippen molar-refractivity contribution < 1.29 is 0 Å². The van der Waals surface area contributed by atoms with E-state index >= 15 is 0 Å². The van der Waals surface area contributed by atoms with Crippen LogP contribution < -0.4 is 5.73 Å². The van der Waals surface area contributed by atoms with Crippen LogP contribution in [0.5, 0.6) is 0 Å². The van der Waals surface area contributed by atoms with E-state index in [0.29, 0.717) is 6.04 Å². The minimum atomic E-state index is 0.484. The summed E-state index contributed by atoms with van der Waals surface area (Å²) in [5.74, 6) is 2.65. The van der Waals surface area contributed by atoms with Crippen LogP contribution in [0, 0.1) is 17.8 Å². The number of rotatable bonds is 3. The molecule has 0 amide bonds. The fraction of sp³-hybridized carbons (Fsp3) is 1.00. The summed E-state index contributed by atoms with van der Waals surface area (Å²) in [7, 11) is 0. The van der Waals surface area contributed by atoms with Crippen molar-refractivity contribution in [2.24, 2.45) is 23.5 Å². The van der Waals surface area contributed by atoms with Crippen LogP contribution in [0.4, 0.5) is 0 Å². The molecule has 0 bridgehead atoms. The van der Waals surface area contributed by atoms with Crippen LogP contribution in [0.1, 0.15) is 52.9 Å². The van der Waals surface area contributed by atoms with Gasteiger partial charge in [0.1, 0.15) is 0 Å². The summed E-state index contributed by atoms with van der Waals surface area (Å²) in [6.45, 7) is 6.95. The molecule has 1 rings (SSSR count). The molecule has 4 atom stereocenters. The van der Waals surface area contributed by atoms with Crippen molar-refractivity contribution in [3.63, 3.8) is 0 Å². The summed E-state index contributed by atoms with van der Waals surface area (Å²) in [5, 5.41) is 0. The third kappa shape index (κ3) is 2.25. The predicted molar refractivity (Wildman–Crippen MR) is 58.6 cm³/mol. The highest BCUT2D eigenvalue weighted by Gasteiger charge is 2.34. The first kappa shape index (κ1) is 11.0. The maximum absolute atomic E-state index is 6.17. The summed E-state index contributed by atoms with van der Waals surface area (Å²) in [6.07, 6.45) is 6.57. The quantitative estimate of drug-likeness (QED) is 0.714. The van der Waals surface area contributed by atoms with Gasteiger partial charge in [-0.15, -0.1) is 0 Å². The Balaban J connectivity index is 2.64. The standard InChI is InChI=1S/C12H25N/c1-4-9-7-8-12(13)11(6-3)10(9)5-2/h9-12H,4-8,13H2,1-3H3. The molecule has 0 aromatic rings. The molecule has 0 aliphatic heterocycles. The molecule has 0 heterocycles. The van der Waals surface area contributed by atoms with E-state index in [1.54, 1.807) is 0 Å². The van der Waals surface area contributed by atoms with E-state index in [9.17, 15) is 0 Å². The summed E-state index contributed by atoms with van der Waals surface area (Å²) in [4.78, 5) is 0. The summed E-state index contributed by atoms with van der Waals surface area (Å²) in [6, 6.07) is 0.484. The molecule has 4 unspecified atom stereocenters. The maximum Gasteiger partial charge on any atom is 0.00699 e. The number of hydrogen-bond donors (Lipinski definition) is 1.